The van der Waals surface area contributed by atoms with E-state index in [9.17, 15) is 13.6 Å². The number of hydrogen-bond acceptors (Lipinski definition) is 4. The maximum Gasteiger partial charge on any atom is 0.326 e. The Labute approximate surface area is 113 Å². The maximum absolute atomic E-state index is 13.1. The Morgan fingerprint density at radius 2 is 1.85 bits per heavy atom. The van der Waals surface area contributed by atoms with E-state index in [0.29, 0.717) is 0 Å². The predicted octanol–water partition coefficient (Wildman–Crippen LogP) is 2.43. The number of nitrogens with one attached hydrogen (secondary N) is 1. The zero-order valence-electron chi connectivity index (χ0n) is 10.9. The van der Waals surface area contributed by atoms with Crippen LogP contribution in [0.1, 0.15) is 13.8 Å². The Balaban J connectivity index is 2.36. The highest BCUT2D eigenvalue weighted by Crippen LogP contribution is 2.18. The Hall–Kier alpha value is -2.31. The van der Waals surface area contributed by atoms with Gasteiger partial charge in [0.15, 0.2) is 11.6 Å². The van der Waals surface area contributed by atoms with Gasteiger partial charge in [-0.1, -0.05) is 13.8 Å². The monoisotopic (exact) mass is 281 g/mol. The highest BCUT2D eigenvalue weighted by Gasteiger charge is 2.21. The van der Waals surface area contributed by atoms with E-state index < -0.39 is 23.6 Å². The van der Waals surface area contributed by atoms with Crippen molar-refractivity contribution < 1.29 is 18.7 Å². The van der Waals surface area contributed by atoms with Crippen LogP contribution in [0.3, 0.4) is 0 Å². The molecular formula is C13H13F2N3O2. The van der Waals surface area contributed by atoms with Crippen LogP contribution in [0.25, 0.3) is 11.0 Å². The average molecular weight is 281 g/mol. The van der Waals surface area contributed by atoms with Crippen molar-refractivity contribution in [2.24, 2.45) is 5.92 Å². The van der Waals surface area contributed by atoms with Gasteiger partial charge in [0.1, 0.15) is 11.9 Å². The van der Waals surface area contributed by atoms with Crippen molar-refractivity contribution >= 4 is 22.8 Å². The highest BCUT2D eigenvalue weighted by molar-refractivity contribution is 5.79. The average Bonchev–Trinajstić information content (AvgIpc) is 2.36. The number of carbonyl (C=O) groups is 1. The zero-order chi connectivity index (χ0) is 14.9. The van der Waals surface area contributed by atoms with E-state index in [1.54, 1.807) is 13.8 Å². The summed E-state index contributed by atoms with van der Waals surface area (Å²) in [6, 6.07) is 1.03. The first-order valence-corrected chi connectivity index (χ1v) is 5.99. The number of halogens is 2. The molecule has 1 aromatic carbocycles. The van der Waals surface area contributed by atoms with Gasteiger partial charge in [0.25, 0.3) is 0 Å². The summed E-state index contributed by atoms with van der Waals surface area (Å²) in [5.74, 6) is -3.02. The van der Waals surface area contributed by atoms with Crippen molar-refractivity contribution in [3.8, 4) is 0 Å². The lowest BCUT2D eigenvalue weighted by molar-refractivity contribution is -0.138. The smallest absolute Gasteiger partial charge is 0.326 e. The van der Waals surface area contributed by atoms with E-state index in [4.69, 9.17) is 5.11 Å². The number of benzene rings is 1. The van der Waals surface area contributed by atoms with Gasteiger partial charge >= 0.3 is 5.97 Å². The van der Waals surface area contributed by atoms with Crippen LogP contribution in [0.5, 0.6) is 0 Å². The summed E-state index contributed by atoms with van der Waals surface area (Å²) in [7, 11) is 0. The number of nitrogens with zero attached hydrogens (tertiary/aromatic N) is 2. The molecule has 2 aromatic rings. The summed E-state index contributed by atoms with van der Waals surface area (Å²) in [5, 5.41) is 11.8. The van der Waals surface area contributed by atoms with E-state index in [1.807, 2.05) is 0 Å². The molecule has 0 saturated heterocycles. The number of carboxylic acids is 1. The summed E-state index contributed by atoms with van der Waals surface area (Å²) in [6.07, 6.45) is 1.29. The first kappa shape index (κ1) is 14.1. The minimum absolute atomic E-state index is 0.154. The van der Waals surface area contributed by atoms with Crippen LogP contribution in [0.2, 0.25) is 0 Å². The van der Waals surface area contributed by atoms with Gasteiger partial charge in [-0.3, -0.25) is 4.98 Å². The predicted molar refractivity (Wildman–Crippen MR) is 69.3 cm³/mol. The molecule has 7 heteroatoms. The van der Waals surface area contributed by atoms with Gasteiger partial charge in [0, 0.05) is 12.1 Å². The molecule has 106 valence electrons. The quantitative estimate of drug-likeness (QED) is 0.900. The molecule has 0 unspecified atom stereocenters. The summed E-state index contributed by atoms with van der Waals surface area (Å²) >= 11 is 0. The second-order valence-electron chi connectivity index (χ2n) is 4.71. The number of aromatic nitrogens is 2. The molecule has 0 fully saturated rings. The normalized spacial score (nSPS) is 12.7. The number of anilines is 1. The van der Waals surface area contributed by atoms with Crippen LogP contribution in [-0.2, 0) is 4.79 Å². The molecule has 1 heterocycles. The minimum atomic E-state index is -1.03. The first-order chi connectivity index (χ1) is 9.38. The molecule has 0 spiro atoms. The van der Waals surface area contributed by atoms with Gasteiger partial charge in [0.2, 0.25) is 0 Å². The third-order valence-corrected chi connectivity index (χ3v) is 2.82. The van der Waals surface area contributed by atoms with Crippen LogP contribution in [-0.4, -0.2) is 27.1 Å². The van der Waals surface area contributed by atoms with Gasteiger partial charge in [-0.05, 0) is 5.92 Å². The van der Waals surface area contributed by atoms with E-state index in [1.165, 1.54) is 6.20 Å². The molecule has 5 nitrogen and oxygen atoms in total. The standard InChI is InChI=1S/C13H13F2N3O2/c1-6(2)12(13(19)20)18-11-5-16-9-3-7(14)8(15)4-10(9)17-11/h3-6,12H,1-2H3,(H,17,18)(H,19,20)/t12-/m0/s1. The fraction of sp³-hybridized carbons (Fsp3) is 0.308. The number of hydrogen-bond donors (Lipinski definition) is 2. The van der Waals surface area contributed by atoms with E-state index in [2.05, 4.69) is 15.3 Å². The lowest BCUT2D eigenvalue weighted by Crippen LogP contribution is -2.34. The van der Waals surface area contributed by atoms with Gasteiger partial charge in [0.05, 0.1) is 17.2 Å². The van der Waals surface area contributed by atoms with E-state index in [-0.39, 0.29) is 22.8 Å². The molecule has 0 aliphatic heterocycles. The lowest BCUT2D eigenvalue weighted by atomic mass is 10.1. The molecule has 0 radical (unpaired) electrons. The molecule has 20 heavy (non-hydrogen) atoms. The Kier molecular flexibility index (Phi) is 3.78. The van der Waals surface area contributed by atoms with Crippen molar-refractivity contribution in [2.45, 2.75) is 19.9 Å². The fourth-order valence-electron chi connectivity index (χ4n) is 1.75. The van der Waals surface area contributed by atoms with Crippen molar-refractivity contribution in [3.05, 3.63) is 30.0 Å². The van der Waals surface area contributed by atoms with Crippen molar-refractivity contribution in [1.29, 1.82) is 0 Å². The highest BCUT2D eigenvalue weighted by atomic mass is 19.2. The third-order valence-electron chi connectivity index (χ3n) is 2.82. The summed E-state index contributed by atoms with van der Waals surface area (Å²) in [4.78, 5) is 19.1. The Bertz CT molecular complexity index is 661. The number of rotatable bonds is 4. The van der Waals surface area contributed by atoms with Gasteiger partial charge in [-0.2, -0.15) is 0 Å². The van der Waals surface area contributed by atoms with Gasteiger partial charge in [-0.15, -0.1) is 0 Å². The lowest BCUT2D eigenvalue weighted by Gasteiger charge is -2.18. The van der Waals surface area contributed by atoms with Gasteiger partial charge < -0.3 is 10.4 Å². The molecule has 0 aliphatic carbocycles. The molecule has 1 atom stereocenters. The molecular weight excluding hydrogens is 268 g/mol. The largest absolute Gasteiger partial charge is 0.480 e. The molecule has 0 amide bonds. The first-order valence-electron chi connectivity index (χ1n) is 5.99. The third kappa shape index (κ3) is 2.81. The molecule has 0 saturated carbocycles. The van der Waals surface area contributed by atoms with Crippen molar-refractivity contribution in [2.75, 3.05) is 5.32 Å². The second-order valence-corrected chi connectivity index (χ2v) is 4.71. The molecule has 0 bridgehead atoms. The molecule has 1 aromatic heterocycles. The van der Waals surface area contributed by atoms with Crippen LogP contribution < -0.4 is 5.32 Å². The summed E-state index contributed by atoms with van der Waals surface area (Å²) < 4.78 is 26.2. The minimum Gasteiger partial charge on any atom is -0.480 e. The Morgan fingerprint density at radius 1 is 1.25 bits per heavy atom. The zero-order valence-corrected chi connectivity index (χ0v) is 10.9. The second kappa shape index (κ2) is 5.36. The Morgan fingerprint density at radius 3 is 2.40 bits per heavy atom. The number of carboxylic acid groups (broad SMARTS) is 1. The summed E-state index contributed by atoms with van der Waals surface area (Å²) in [5.41, 5.74) is 0.354. The molecule has 0 aliphatic rings. The number of aliphatic carboxylic acids is 1. The van der Waals surface area contributed by atoms with Gasteiger partial charge in [-0.25, -0.2) is 18.6 Å². The maximum atomic E-state index is 13.1. The SMILES string of the molecule is CC(C)[C@H](Nc1cnc2cc(F)c(F)cc2n1)C(=O)O. The van der Waals surface area contributed by atoms with Crippen LogP contribution >= 0.6 is 0 Å². The summed E-state index contributed by atoms with van der Waals surface area (Å²) in [6.45, 7) is 3.49. The fourth-order valence-corrected chi connectivity index (χ4v) is 1.75. The topological polar surface area (TPSA) is 75.1 Å². The molecule has 2 N–H and O–H groups in total. The molecule has 2 rings (SSSR count). The number of fused-ring (bicyclic) bond motifs is 1. The van der Waals surface area contributed by atoms with Crippen LogP contribution in [0.4, 0.5) is 14.6 Å². The van der Waals surface area contributed by atoms with E-state index >= 15 is 0 Å². The van der Waals surface area contributed by atoms with E-state index in [0.717, 1.165) is 12.1 Å². The van der Waals surface area contributed by atoms with Crippen LogP contribution in [0.15, 0.2) is 18.3 Å². The van der Waals surface area contributed by atoms with Crippen molar-refractivity contribution in [3.63, 3.8) is 0 Å². The van der Waals surface area contributed by atoms with Crippen molar-refractivity contribution in [1.82, 2.24) is 9.97 Å². The van der Waals surface area contributed by atoms with Crippen LogP contribution in [0, 0.1) is 17.6 Å².